The number of carbonyl (C=O) groups is 1. The van der Waals surface area contributed by atoms with Gasteiger partial charge in [0.25, 0.3) is 0 Å². The molecule has 2 nitrogen and oxygen atoms in total. The fourth-order valence-corrected chi connectivity index (χ4v) is 1.17. The van der Waals surface area contributed by atoms with Crippen molar-refractivity contribution in [2.75, 3.05) is 0 Å². The summed E-state index contributed by atoms with van der Waals surface area (Å²) in [5.74, 6) is -0.108. The summed E-state index contributed by atoms with van der Waals surface area (Å²) < 4.78 is 0. The Labute approximate surface area is 80.7 Å². The smallest absolute Gasteiger partial charge is 0.157 e. The van der Waals surface area contributed by atoms with Crippen molar-refractivity contribution in [2.45, 2.75) is 52.1 Å². The van der Waals surface area contributed by atoms with Crippen LogP contribution in [-0.2, 0) is 4.79 Å². The van der Waals surface area contributed by atoms with Crippen LogP contribution in [0.5, 0.6) is 0 Å². The quantitative estimate of drug-likeness (QED) is 0.487. The molecule has 0 amide bonds. The van der Waals surface area contributed by atoms with E-state index in [0.29, 0.717) is 12.0 Å². The summed E-state index contributed by atoms with van der Waals surface area (Å²) in [5.41, 5.74) is 0.344. The molecule has 13 heavy (non-hydrogen) atoms. The van der Waals surface area contributed by atoms with E-state index >= 15 is 0 Å². The third kappa shape index (κ3) is 5.58. The van der Waals surface area contributed by atoms with Gasteiger partial charge in [-0.2, -0.15) is 0 Å². The van der Waals surface area contributed by atoms with Crippen molar-refractivity contribution in [3.05, 3.63) is 12.2 Å². The van der Waals surface area contributed by atoms with Crippen molar-refractivity contribution >= 4 is 5.78 Å². The maximum atomic E-state index is 10.8. The minimum atomic E-state index is -0.630. The fourth-order valence-electron chi connectivity index (χ4n) is 1.17. The van der Waals surface area contributed by atoms with Crippen molar-refractivity contribution in [3.63, 3.8) is 0 Å². The number of hydrogen-bond donors (Lipinski definition) is 1. The van der Waals surface area contributed by atoms with E-state index in [1.165, 1.54) is 19.8 Å². The minimum Gasteiger partial charge on any atom is -0.388 e. The van der Waals surface area contributed by atoms with Gasteiger partial charge in [0, 0.05) is 5.57 Å². The van der Waals surface area contributed by atoms with E-state index in [2.05, 4.69) is 13.5 Å². The van der Waals surface area contributed by atoms with E-state index < -0.39 is 6.10 Å². The molecule has 76 valence electrons. The molecule has 0 saturated heterocycles. The summed E-state index contributed by atoms with van der Waals surface area (Å²) in [5, 5.41) is 9.47. The van der Waals surface area contributed by atoms with Crippen LogP contribution in [0.15, 0.2) is 12.2 Å². The van der Waals surface area contributed by atoms with Gasteiger partial charge in [-0.3, -0.25) is 4.79 Å². The zero-order valence-corrected chi connectivity index (χ0v) is 8.68. The molecule has 0 fully saturated rings. The molecule has 0 aromatic carbocycles. The highest BCUT2D eigenvalue weighted by Crippen LogP contribution is 2.11. The molecule has 0 aromatic rings. The first-order valence-corrected chi connectivity index (χ1v) is 4.97. The predicted octanol–water partition coefficient (Wildman–Crippen LogP) is 2.46. The molecule has 0 rings (SSSR count). The summed E-state index contributed by atoms with van der Waals surface area (Å²) in [6, 6.07) is 0. The number of rotatable bonds is 7. The second kappa shape index (κ2) is 6.84. The Kier molecular flexibility index (Phi) is 6.51. The first kappa shape index (κ1) is 12.4. The van der Waals surface area contributed by atoms with Crippen molar-refractivity contribution < 1.29 is 9.90 Å². The van der Waals surface area contributed by atoms with Crippen LogP contribution in [0.1, 0.15) is 46.0 Å². The van der Waals surface area contributed by atoms with Gasteiger partial charge in [0.05, 0.1) is 6.10 Å². The van der Waals surface area contributed by atoms with Crippen molar-refractivity contribution in [3.8, 4) is 0 Å². The lowest BCUT2D eigenvalue weighted by molar-refractivity contribution is -0.114. The summed E-state index contributed by atoms with van der Waals surface area (Å²) in [6.07, 6.45) is 4.51. The van der Waals surface area contributed by atoms with Crippen molar-refractivity contribution in [1.29, 1.82) is 0 Å². The van der Waals surface area contributed by atoms with Gasteiger partial charge < -0.3 is 5.11 Å². The molecule has 1 N–H and O–H groups in total. The lowest BCUT2D eigenvalue weighted by atomic mass is 10.0. The number of aliphatic hydroxyl groups is 1. The first-order chi connectivity index (χ1) is 6.09. The molecule has 2 heteroatoms. The number of hydrogen-bond acceptors (Lipinski definition) is 2. The van der Waals surface area contributed by atoms with E-state index in [9.17, 15) is 9.90 Å². The Hall–Kier alpha value is -0.630. The van der Waals surface area contributed by atoms with Gasteiger partial charge >= 0.3 is 0 Å². The van der Waals surface area contributed by atoms with Crippen molar-refractivity contribution in [2.24, 2.45) is 0 Å². The van der Waals surface area contributed by atoms with E-state index in [1.54, 1.807) is 0 Å². The van der Waals surface area contributed by atoms with Crippen LogP contribution in [0, 0.1) is 0 Å². The number of ketones is 1. The van der Waals surface area contributed by atoms with Crippen molar-refractivity contribution in [1.82, 2.24) is 0 Å². The molecule has 0 bridgehead atoms. The molecule has 0 aliphatic heterocycles. The third-order valence-electron chi connectivity index (χ3n) is 2.19. The molecule has 0 aliphatic carbocycles. The van der Waals surface area contributed by atoms with Gasteiger partial charge in [-0.15, -0.1) is 0 Å². The fraction of sp³-hybridized carbons (Fsp3) is 0.727. The average Bonchev–Trinajstić information content (AvgIpc) is 2.10. The van der Waals surface area contributed by atoms with E-state index in [0.717, 1.165) is 12.8 Å². The maximum Gasteiger partial charge on any atom is 0.157 e. The van der Waals surface area contributed by atoms with Crippen LogP contribution >= 0.6 is 0 Å². The minimum absolute atomic E-state index is 0.108. The van der Waals surface area contributed by atoms with Crippen LogP contribution in [0.25, 0.3) is 0 Å². The summed E-state index contributed by atoms with van der Waals surface area (Å²) in [7, 11) is 0. The zero-order chi connectivity index (χ0) is 10.3. The molecule has 0 heterocycles. The van der Waals surface area contributed by atoms with E-state index in [4.69, 9.17) is 0 Å². The van der Waals surface area contributed by atoms with Gasteiger partial charge in [0.2, 0.25) is 0 Å². The third-order valence-corrected chi connectivity index (χ3v) is 2.19. The lowest BCUT2D eigenvalue weighted by Crippen LogP contribution is -2.14. The Morgan fingerprint density at radius 1 is 1.38 bits per heavy atom. The summed E-state index contributed by atoms with van der Waals surface area (Å²) in [4.78, 5) is 10.8. The summed E-state index contributed by atoms with van der Waals surface area (Å²) >= 11 is 0. The van der Waals surface area contributed by atoms with Gasteiger partial charge in [-0.05, 0) is 13.3 Å². The van der Waals surface area contributed by atoms with E-state index in [1.807, 2.05) is 0 Å². The second-order valence-electron chi connectivity index (χ2n) is 3.45. The Balaban J connectivity index is 3.56. The van der Waals surface area contributed by atoms with Crippen LogP contribution in [0.2, 0.25) is 0 Å². The van der Waals surface area contributed by atoms with Crippen LogP contribution in [-0.4, -0.2) is 17.0 Å². The number of Topliss-reactive ketones (excluding diaryl/α,β-unsaturated/α-hetero) is 1. The van der Waals surface area contributed by atoms with Gasteiger partial charge in [0.15, 0.2) is 5.78 Å². The number of carbonyl (C=O) groups excluding carboxylic acids is 1. The topological polar surface area (TPSA) is 37.3 Å². The highest BCUT2D eigenvalue weighted by molar-refractivity contribution is 5.93. The zero-order valence-electron chi connectivity index (χ0n) is 8.68. The second-order valence-corrected chi connectivity index (χ2v) is 3.45. The molecule has 0 aromatic heterocycles. The Morgan fingerprint density at radius 3 is 2.46 bits per heavy atom. The molecule has 0 aliphatic rings. The SMILES string of the molecule is C=C(C(C)=O)C(O)CCCCCC. The van der Waals surface area contributed by atoms with Gasteiger partial charge in [-0.25, -0.2) is 0 Å². The average molecular weight is 184 g/mol. The number of unbranched alkanes of at least 4 members (excludes halogenated alkanes) is 3. The van der Waals surface area contributed by atoms with Gasteiger partial charge in [0.1, 0.15) is 0 Å². The molecule has 0 radical (unpaired) electrons. The largest absolute Gasteiger partial charge is 0.388 e. The molecular weight excluding hydrogens is 164 g/mol. The maximum absolute atomic E-state index is 10.8. The monoisotopic (exact) mass is 184 g/mol. The first-order valence-electron chi connectivity index (χ1n) is 4.97. The molecular formula is C11H20O2. The normalized spacial score (nSPS) is 12.5. The lowest BCUT2D eigenvalue weighted by Gasteiger charge is -2.10. The number of aliphatic hydroxyl groups excluding tert-OH is 1. The van der Waals surface area contributed by atoms with E-state index in [-0.39, 0.29) is 5.78 Å². The highest BCUT2D eigenvalue weighted by Gasteiger charge is 2.11. The molecule has 1 atom stereocenters. The summed E-state index contributed by atoms with van der Waals surface area (Å²) in [6.45, 7) is 7.14. The van der Waals surface area contributed by atoms with Crippen LogP contribution in [0.4, 0.5) is 0 Å². The Bertz CT molecular complexity index is 173. The molecule has 0 spiro atoms. The standard InChI is InChI=1S/C11H20O2/c1-4-5-6-7-8-11(13)9(2)10(3)12/h11,13H,2,4-8H2,1,3H3. The molecule has 0 saturated carbocycles. The van der Waals surface area contributed by atoms with Gasteiger partial charge in [-0.1, -0.05) is 39.2 Å². The Morgan fingerprint density at radius 2 is 2.00 bits per heavy atom. The molecule has 1 unspecified atom stereocenters. The predicted molar refractivity (Wildman–Crippen MR) is 54.6 cm³/mol. The van der Waals surface area contributed by atoms with Crippen LogP contribution in [0.3, 0.4) is 0 Å². The van der Waals surface area contributed by atoms with Crippen LogP contribution < -0.4 is 0 Å². The highest BCUT2D eigenvalue weighted by atomic mass is 16.3.